The number of allylic oxidation sites excluding steroid dienone is 5. The molecule has 0 aliphatic heterocycles. The third-order valence-corrected chi connectivity index (χ3v) is 8.97. The van der Waals surface area contributed by atoms with Gasteiger partial charge in [0.05, 0.1) is 18.8 Å². The second-order valence-corrected chi connectivity index (χ2v) is 13.5. The normalized spacial score (nSPS) is 14.1. The Morgan fingerprint density at radius 2 is 0.913 bits per heavy atom. The van der Waals surface area contributed by atoms with E-state index in [9.17, 15) is 20.1 Å². The number of aliphatic hydroxyl groups is 3. The van der Waals surface area contributed by atoms with Crippen LogP contribution in [0.2, 0.25) is 0 Å². The van der Waals surface area contributed by atoms with Crippen molar-refractivity contribution >= 4 is 5.91 Å². The van der Waals surface area contributed by atoms with Crippen LogP contribution in [0.25, 0.3) is 0 Å². The van der Waals surface area contributed by atoms with Crippen LogP contribution in [0, 0.1) is 0 Å². The number of carbonyl (C=O) groups excluding carboxylic acids is 1. The molecule has 0 fully saturated rings. The largest absolute Gasteiger partial charge is 0.394 e. The molecule has 0 aliphatic rings. The van der Waals surface area contributed by atoms with E-state index in [0.29, 0.717) is 6.42 Å². The molecule has 270 valence electrons. The Labute approximate surface area is 285 Å². The molecule has 0 saturated carbocycles. The lowest BCUT2D eigenvalue weighted by molar-refractivity contribution is -0.131. The van der Waals surface area contributed by atoms with E-state index in [4.69, 9.17) is 0 Å². The first-order valence-corrected chi connectivity index (χ1v) is 19.8. The fourth-order valence-electron chi connectivity index (χ4n) is 5.87. The second kappa shape index (κ2) is 36.4. The van der Waals surface area contributed by atoms with Crippen LogP contribution in [0.3, 0.4) is 0 Å². The molecule has 3 unspecified atom stereocenters. The van der Waals surface area contributed by atoms with Gasteiger partial charge in [-0.25, -0.2) is 0 Å². The summed E-state index contributed by atoms with van der Waals surface area (Å²) in [5.74, 6) is -0.518. The third-order valence-electron chi connectivity index (χ3n) is 8.97. The van der Waals surface area contributed by atoms with E-state index in [2.05, 4.69) is 43.5 Å². The zero-order valence-electron chi connectivity index (χ0n) is 30.5. The number of hydrogen-bond acceptors (Lipinski definition) is 4. The van der Waals surface area contributed by atoms with Gasteiger partial charge in [0.15, 0.2) is 0 Å². The first-order valence-electron chi connectivity index (χ1n) is 19.8. The summed E-state index contributed by atoms with van der Waals surface area (Å²) < 4.78 is 0. The predicted octanol–water partition coefficient (Wildman–Crippen LogP) is 10.8. The quantitative estimate of drug-likeness (QED) is 0.0407. The molecule has 0 aromatic rings. The number of rotatable bonds is 35. The van der Waals surface area contributed by atoms with Gasteiger partial charge in [-0.3, -0.25) is 4.79 Å². The average Bonchev–Trinajstić information content (AvgIpc) is 3.06. The van der Waals surface area contributed by atoms with E-state index in [1.165, 1.54) is 122 Å². The molecule has 1 amide bonds. The number of unbranched alkanes of at least 4 members (excludes halogenated alkanes) is 23. The van der Waals surface area contributed by atoms with E-state index in [-0.39, 0.29) is 6.61 Å². The second-order valence-electron chi connectivity index (χ2n) is 13.5. The highest BCUT2D eigenvalue weighted by Crippen LogP contribution is 2.16. The minimum absolute atomic E-state index is 0.380. The Balaban J connectivity index is 3.63. The molecule has 5 heteroatoms. The maximum atomic E-state index is 12.4. The summed E-state index contributed by atoms with van der Waals surface area (Å²) in [5, 5.41) is 32.9. The van der Waals surface area contributed by atoms with Gasteiger partial charge in [0.25, 0.3) is 0 Å². The molecule has 0 heterocycles. The molecule has 4 N–H and O–H groups in total. The molecule has 46 heavy (non-hydrogen) atoms. The standard InChI is InChI=1S/C41H77NO4/c1-3-5-7-9-11-13-15-16-17-18-19-20-21-22-23-24-25-26-28-30-32-34-36-40(45)41(46)42-38(37-43)39(44)35-33-31-29-27-14-12-10-8-6-4-2/h6,8,14,27,33,35,38-40,43-45H,3-5,7,9-13,15-26,28-32,34,36-37H2,1-2H3,(H,42,46)/b8-6+,27-14+,35-33+. The molecule has 0 radical (unpaired) electrons. The SMILES string of the molecule is CC/C=C/CC/C=C/CC/C=C/C(O)C(CO)NC(=O)C(O)CCCCCCCCCCCCCCCCCCCCCCCC. The van der Waals surface area contributed by atoms with Crippen LogP contribution in [-0.4, -0.2) is 46.1 Å². The van der Waals surface area contributed by atoms with Gasteiger partial charge in [-0.2, -0.15) is 0 Å². The summed E-state index contributed by atoms with van der Waals surface area (Å²) in [6, 6.07) is -0.816. The zero-order chi connectivity index (χ0) is 33.8. The Bertz CT molecular complexity index is 719. The molecule has 0 spiro atoms. The van der Waals surface area contributed by atoms with E-state index < -0.39 is 24.2 Å². The first-order chi connectivity index (χ1) is 22.6. The van der Waals surface area contributed by atoms with E-state index >= 15 is 0 Å². The Morgan fingerprint density at radius 1 is 0.543 bits per heavy atom. The molecule has 0 saturated heterocycles. The summed E-state index contributed by atoms with van der Waals surface area (Å²) in [4.78, 5) is 12.4. The van der Waals surface area contributed by atoms with Crippen molar-refractivity contribution in [1.29, 1.82) is 0 Å². The Morgan fingerprint density at radius 3 is 1.30 bits per heavy atom. The summed E-state index contributed by atoms with van der Waals surface area (Å²) in [6.45, 7) is 4.04. The highest BCUT2D eigenvalue weighted by molar-refractivity contribution is 5.80. The van der Waals surface area contributed by atoms with Crippen LogP contribution >= 0.6 is 0 Å². The summed E-state index contributed by atoms with van der Waals surface area (Å²) in [6.07, 6.45) is 44.7. The van der Waals surface area contributed by atoms with Crippen molar-refractivity contribution in [3.8, 4) is 0 Å². The summed E-state index contributed by atoms with van der Waals surface area (Å²) >= 11 is 0. The average molecular weight is 648 g/mol. The number of carbonyl (C=O) groups is 1. The van der Waals surface area contributed by atoms with Crippen molar-refractivity contribution in [2.24, 2.45) is 0 Å². The summed E-state index contributed by atoms with van der Waals surface area (Å²) in [7, 11) is 0. The number of aliphatic hydroxyl groups excluding tert-OH is 3. The third kappa shape index (κ3) is 31.2. The molecule has 0 aromatic heterocycles. The lowest BCUT2D eigenvalue weighted by Gasteiger charge is -2.21. The fourth-order valence-corrected chi connectivity index (χ4v) is 5.87. The topological polar surface area (TPSA) is 89.8 Å². The predicted molar refractivity (Wildman–Crippen MR) is 199 cm³/mol. The Hall–Kier alpha value is -1.43. The van der Waals surface area contributed by atoms with Crippen LogP contribution in [0.5, 0.6) is 0 Å². The molecular formula is C41H77NO4. The molecule has 0 rings (SSSR count). The van der Waals surface area contributed by atoms with Crippen molar-refractivity contribution in [1.82, 2.24) is 5.32 Å². The number of hydrogen-bond donors (Lipinski definition) is 4. The molecule has 5 nitrogen and oxygen atoms in total. The minimum Gasteiger partial charge on any atom is -0.394 e. The van der Waals surface area contributed by atoms with Crippen LogP contribution in [-0.2, 0) is 4.79 Å². The van der Waals surface area contributed by atoms with Gasteiger partial charge in [0, 0.05) is 0 Å². The van der Waals surface area contributed by atoms with Crippen LogP contribution in [0.1, 0.15) is 194 Å². The minimum atomic E-state index is -1.10. The van der Waals surface area contributed by atoms with Crippen molar-refractivity contribution in [3.63, 3.8) is 0 Å². The van der Waals surface area contributed by atoms with Crippen molar-refractivity contribution in [2.75, 3.05) is 6.61 Å². The number of nitrogens with one attached hydrogen (secondary N) is 1. The molecular weight excluding hydrogens is 570 g/mol. The van der Waals surface area contributed by atoms with Gasteiger partial charge < -0.3 is 20.6 Å². The zero-order valence-corrected chi connectivity index (χ0v) is 30.5. The fraction of sp³-hybridized carbons (Fsp3) is 0.829. The highest BCUT2D eigenvalue weighted by atomic mass is 16.3. The lowest BCUT2D eigenvalue weighted by Crippen LogP contribution is -2.48. The van der Waals surface area contributed by atoms with Crippen molar-refractivity contribution in [2.45, 2.75) is 212 Å². The molecule has 3 atom stereocenters. The van der Waals surface area contributed by atoms with Crippen molar-refractivity contribution in [3.05, 3.63) is 36.5 Å². The maximum absolute atomic E-state index is 12.4. The smallest absolute Gasteiger partial charge is 0.249 e. The Kier molecular flexibility index (Phi) is 35.3. The van der Waals surface area contributed by atoms with Gasteiger partial charge in [-0.1, -0.05) is 192 Å². The maximum Gasteiger partial charge on any atom is 0.249 e. The monoisotopic (exact) mass is 648 g/mol. The lowest BCUT2D eigenvalue weighted by atomic mass is 10.0. The first kappa shape index (κ1) is 44.6. The van der Waals surface area contributed by atoms with Gasteiger partial charge in [-0.15, -0.1) is 0 Å². The van der Waals surface area contributed by atoms with Gasteiger partial charge in [-0.05, 0) is 38.5 Å². The highest BCUT2D eigenvalue weighted by Gasteiger charge is 2.22. The van der Waals surface area contributed by atoms with Gasteiger partial charge in [0.2, 0.25) is 5.91 Å². The molecule has 0 aliphatic carbocycles. The van der Waals surface area contributed by atoms with Crippen LogP contribution in [0.15, 0.2) is 36.5 Å². The van der Waals surface area contributed by atoms with E-state index in [1.807, 2.05) is 6.08 Å². The van der Waals surface area contributed by atoms with Gasteiger partial charge >= 0.3 is 0 Å². The summed E-state index contributed by atoms with van der Waals surface area (Å²) in [5.41, 5.74) is 0. The van der Waals surface area contributed by atoms with Gasteiger partial charge in [0.1, 0.15) is 6.10 Å². The van der Waals surface area contributed by atoms with E-state index in [0.717, 1.165) is 51.4 Å². The van der Waals surface area contributed by atoms with Crippen molar-refractivity contribution < 1.29 is 20.1 Å². The molecule has 0 bridgehead atoms. The van der Waals surface area contributed by atoms with E-state index in [1.54, 1.807) is 6.08 Å². The number of amides is 1. The van der Waals surface area contributed by atoms with Crippen LogP contribution < -0.4 is 5.32 Å². The van der Waals surface area contributed by atoms with Crippen LogP contribution in [0.4, 0.5) is 0 Å². The molecule has 0 aromatic carbocycles.